The highest BCUT2D eigenvalue weighted by molar-refractivity contribution is 7.71. The molecule has 0 saturated carbocycles. The quantitative estimate of drug-likeness (QED) is 0.378. The number of carbonyl (C=O) groups is 1. The Balaban J connectivity index is 1.35. The Kier molecular flexibility index (Phi) is 5.54. The molecule has 0 saturated heterocycles. The number of pyridine rings is 1. The highest BCUT2D eigenvalue weighted by Crippen LogP contribution is 2.20. The highest BCUT2D eigenvalue weighted by Gasteiger charge is 2.14. The number of hydrogen-bond donors (Lipinski definition) is 2. The zero-order chi connectivity index (χ0) is 22.8. The summed E-state index contributed by atoms with van der Waals surface area (Å²) in [4.78, 5) is 21.8. The number of aryl methyl sites for hydroxylation is 1. The van der Waals surface area contributed by atoms with Crippen LogP contribution < -0.4 is 5.32 Å². The van der Waals surface area contributed by atoms with E-state index in [1.807, 2.05) is 72.2 Å². The Hall–Kier alpha value is -4.11. The number of nitrogens with zero attached hydrogens (tertiary/aromatic N) is 5. The van der Waals surface area contributed by atoms with Gasteiger partial charge in [-0.1, -0.05) is 48.0 Å². The number of imidazole rings is 1. The normalized spacial score (nSPS) is 11.1. The Bertz CT molecular complexity index is 1500. The molecule has 2 aromatic carbocycles. The van der Waals surface area contributed by atoms with Crippen LogP contribution in [0.1, 0.15) is 11.1 Å². The minimum Gasteiger partial charge on any atom is -0.350 e. The molecule has 0 spiro atoms. The van der Waals surface area contributed by atoms with E-state index < -0.39 is 0 Å². The average molecular weight is 456 g/mol. The fourth-order valence-electron chi connectivity index (χ4n) is 3.69. The highest BCUT2D eigenvalue weighted by atomic mass is 32.1. The summed E-state index contributed by atoms with van der Waals surface area (Å²) in [6.45, 7) is 2.40. The summed E-state index contributed by atoms with van der Waals surface area (Å²) in [6.07, 6.45) is 3.48. The zero-order valence-electron chi connectivity index (χ0n) is 17.9. The second-order valence-corrected chi connectivity index (χ2v) is 8.06. The van der Waals surface area contributed by atoms with Gasteiger partial charge in [-0.3, -0.25) is 19.0 Å². The first-order valence-corrected chi connectivity index (χ1v) is 10.9. The van der Waals surface area contributed by atoms with E-state index in [0.29, 0.717) is 17.1 Å². The van der Waals surface area contributed by atoms with Gasteiger partial charge in [0.1, 0.15) is 18.7 Å². The lowest BCUT2D eigenvalue weighted by Gasteiger charge is -2.12. The number of hydrogen-bond acceptors (Lipinski definition) is 5. The monoisotopic (exact) mass is 455 g/mol. The number of benzene rings is 2. The number of aromatic nitrogens is 6. The number of nitrogens with one attached hydrogen (secondary N) is 2. The van der Waals surface area contributed by atoms with Gasteiger partial charge in [-0.25, -0.2) is 9.97 Å². The van der Waals surface area contributed by atoms with Crippen LogP contribution in [0.3, 0.4) is 0 Å². The lowest BCUT2D eigenvalue weighted by atomic mass is 10.1. The van der Waals surface area contributed by atoms with E-state index in [9.17, 15) is 4.79 Å². The van der Waals surface area contributed by atoms with Crippen LogP contribution >= 0.6 is 12.2 Å². The van der Waals surface area contributed by atoms with Crippen LogP contribution in [0.2, 0.25) is 0 Å². The molecule has 0 fully saturated rings. The first-order valence-electron chi connectivity index (χ1n) is 10.5. The van der Waals surface area contributed by atoms with E-state index in [1.54, 1.807) is 17.1 Å². The van der Waals surface area contributed by atoms with Crippen molar-refractivity contribution >= 4 is 29.2 Å². The molecule has 0 atom stereocenters. The average Bonchev–Trinajstić information content (AvgIpc) is 3.42. The zero-order valence-corrected chi connectivity index (χ0v) is 18.7. The fraction of sp³-hybridized carbons (Fsp3) is 0.125. The fourth-order valence-corrected chi connectivity index (χ4v) is 3.89. The Morgan fingerprint density at radius 3 is 2.73 bits per heavy atom. The molecule has 0 aliphatic heterocycles. The van der Waals surface area contributed by atoms with E-state index in [-0.39, 0.29) is 12.5 Å². The minimum atomic E-state index is -0.175. The van der Waals surface area contributed by atoms with Gasteiger partial charge < -0.3 is 5.32 Å². The number of fused-ring (bicyclic) bond motifs is 1. The first kappa shape index (κ1) is 20.8. The smallest absolute Gasteiger partial charge is 0.240 e. The van der Waals surface area contributed by atoms with Gasteiger partial charge in [0.2, 0.25) is 5.91 Å². The van der Waals surface area contributed by atoms with Gasteiger partial charge in [-0.05, 0) is 37.3 Å². The second kappa shape index (κ2) is 8.79. The van der Waals surface area contributed by atoms with Crippen molar-refractivity contribution in [3.05, 3.63) is 89.1 Å². The molecule has 5 rings (SSSR count). The van der Waals surface area contributed by atoms with Gasteiger partial charge in [0.05, 0.1) is 11.0 Å². The van der Waals surface area contributed by atoms with E-state index in [1.165, 1.54) is 0 Å². The van der Waals surface area contributed by atoms with Crippen molar-refractivity contribution in [2.24, 2.45) is 0 Å². The van der Waals surface area contributed by atoms with Crippen molar-refractivity contribution in [1.29, 1.82) is 0 Å². The molecule has 0 aliphatic carbocycles. The summed E-state index contributed by atoms with van der Waals surface area (Å²) < 4.78 is 4.02. The van der Waals surface area contributed by atoms with Crippen LogP contribution in [-0.4, -0.2) is 35.2 Å². The van der Waals surface area contributed by atoms with Crippen molar-refractivity contribution in [3.63, 3.8) is 0 Å². The van der Waals surface area contributed by atoms with Crippen LogP contribution in [0.5, 0.6) is 0 Å². The summed E-state index contributed by atoms with van der Waals surface area (Å²) in [6, 6.07) is 19.6. The Labute approximate surface area is 194 Å². The molecule has 8 nitrogen and oxygen atoms in total. The van der Waals surface area contributed by atoms with Gasteiger partial charge in [0.15, 0.2) is 10.6 Å². The Morgan fingerprint density at radius 2 is 1.88 bits per heavy atom. The summed E-state index contributed by atoms with van der Waals surface area (Å²) in [5.74, 6) is 1.18. The molecule has 33 heavy (non-hydrogen) atoms. The van der Waals surface area contributed by atoms with Crippen LogP contribution in [0.4, 0.5) is 0 Å². The summed E-state index contributed by atoms with van der Waals surface area (Å²) in [5, 5.41) is 10.1. The molecule has 164 valence electrons. The summed E-state index contributed by atoms with van der Waals surface area (Å²) in [5.41, 5.74) is 4.76. The third kappa shape index (κ3) is 4.18. The van der Waals surface area contributed by atoms with Crippen molar-refractivity contribution in [2.45, 2.75) is 20.0 Å². The van der Waals surface area contributed by atoms with Crippen LogP contribution in [0, 0.1) is 11.7 Å². The van der Waals surface area contributed by atoms with E-state index in [4.69, 9.17) is 12.2 Å². The number of para-hydroxylation sites is 2. The maximum absolute atomic E-state index is 12.8. The van der Waals surface area contributed by atoms with Gasteiger partial charge in [0.25, 0.3) is 0 Å². The van der Waals surface area contributed by atoms with Gasteiger partial charge >= 0.3 is 0 Å². The topological polar surface area (TPSA) is 93.4 Å². The lowest BCUT2D eigenvalue weighted by Crippen LogP contribution is -2.28. The maximum Gasteiger partial charge on any atom is 0.240 e. The van der Waals surface area contributed by atoms with Crippen molar-refractivity contribution in [2.75, 3.05) is 0 Å². The van der Waals surface area contributed by atoms with E-state index >= 15 is 0 Å². The molecule has 0 aliphatic rings. The van der Waals surface area contributed by atoms with Gasteiger partial charge in [0, 0.05) is 23.9 Å². The molecule has 1 amide bonds. The predicted molar refractivity (Wildman–Crippen MR) is 128 cm³/mol. The third-order valence-corrected chi connectivity index (χ3v) is 5.71. The molecule has 3 aromatic heterocycles. The van der Waals surface area contributed by atoms with Crippen LogP contribution in [0.15, 0.2) is 73.2 Å². The molecule has 3 heterocycles. The van der Waals surface area contributed by atoms with Crippen molar-refractivity contribution in [1.82, 2.24) is 34.6 Å². The SMILES string of the molecule is Cc1ccc(-c2n[nH]c(=S)n2CC(=O)NCc2cccnc2-n2cnc3ccccc32)cc1. The number of rotatable bonds is 6. The number of aromatic amines is 1. The molecule has 0 radical (unpaired) electrons. The largest absolute Gasteiger partial charge is 0.350 e. The molecule has 2 N–H and O–H groups in total. The van der Waals surface area contributed by atoms with Crippen LogP contribution in [0.25, 0.3) is 28.2 Å². The molecule has 9 heteroatoms. The molecule has 0 bridgehead atoms. The van der Waals surface area contributed by atoms with E-state index in [2.05, 4.69) is 25.5 Å². The van der Waals surface area contributed by atoms with Crippen molar-refractivity contribution < 1.29 is 4.79 Å². The van der Waals surface area contributed by atoms with Gasteiger partial charge in [-0.2, -0.15) is 5.10 Å². The van der Waals surface area contributed by atoms with E-state index in [0.717, 1.165) is 33.5 Å². The second-order valence-electron chi connectivity index (χ2n) is 7.67. The summed E-state index contributed by atoms with van der Waals surface area (Å²) >= 11 is 5.36. The summed E-state index contributed by atoms with van der Waals surface area (Å²) in [7, 11) is 0. The minimum absolute atomic E-state index is 0.0577. The standard InChI is InChI=1S/C24H21N7OS/c1-16-8-10-17(11-9-16)23-28-29-24(33)30(23)14-21(32)26-13-18-5-4-12-25-22(18)31-15-27-19-6-2-3-7-20(19)31/h2-12,15H,13-14H2,1H3,(H,26,32)(H,29,33). The number of amides is 1. The molecule has 5 aromatic rings. The maximum atomic E-state index is 12.8. The number of H-pyrrole nitrogens is 1. The molecule has 0 unspecified atom stereocenters. The third-order valence-electron chi connectivity index (χ3n) is 5.40. The first-order chi connectivity index (χ1) is 16.1. The Morgan fingerprint density at radius 1 is 1.06 bits per heavy atom. The van der Waals surface area contributed by atoms with Gasteiger partial charge in [-0.15, -0.1) is 0 Å². The van der Waals surface area contributed by atoms with Crippen LogP contribution in [-0.2, 0) is 17.9 Å². The predicted octanol–water partition coefficient (Wildman–Crippen LogP) is 3.97. The lowest BCUT2D eigenvalue weighted by molar-refractivity contribution is -0.121. The molecular weight excluding hydrogens is 434 g/mol. The molecular formula is C24H21N7OS. The van der Waals surface area contributed by atoms with Crippen molar-refractivity contribution in [3.8, 4) is 17.2 Å². The number of carbonyl (C=O) groups excluding carboxylic acids is 1.